The van der Waals surface area contributed by atoms with Crippen LogP contribution in [0.2, 0.25) is 5.02 Å². The molecule has 3 aromatic carbocycles. The van der Waals surface area contributed by atoms with Gasteiger partial charge in [-0.1, -0.05) is 41.9 Å². The van der Waals surface area contributed by atoms with Gasteiger partial charge in [-0.25, -0.2) is 9.78 Å². The van der Waals surface area contributed by atoms with Crippen LogP contribution in [0.4, 0.5) is 0 Å². The van der Waals surface area contributed by atoms with Gasteiger partial charge < -0.3 is 14.2 Å². The van der Waals surface area contributed by atoms with Crippen molar-refractivity contribution in [3.63, 3.8) is 0 Å². The Labute approximate surface area is 218 Å². The number of ketones is 1. The lowest BCUT2D eigenvalue weighted by molar-refractivity contribution is 0.0475. The number of hydrogen-bond acceptors (Lipinski definition) is 6. The molecule has 4 aromatic rings. The summed E-state index contributed by atoms with van der Waals surface area (Å²) in [4.78, 5) is 31.1. The number of halogens is 1. The van der Waals surface area contributed by atoms with Gasteiger partial charge in [0.15, 0.2) is 23.9 Å². The van der Waals surface area contributed by atoms with Gasteiger partial charge in [0.05, 0.1) is 16.8 Å². The molecule has 2 heterocycles. The highest BCUT2D eigenvalue weighted by atomic mass is 35.5. The fraction of sp³-hybridized carbons (Fsp3) is 0.167. The number of para-hydroxylation sites is 1. The van der Waals surface area contributed by atoms with Gasteiger partial charge in [-0.3, -0.25) is 4.79 Å². The number of carbonyl (C=O) groups is 2. The first-order valence-corrected chi connectivity index (χ1v) is 12.4. The van der Waals surface area contributed by atoms with E-state index in [9.17, 15) is 9.59 Å². The summed E-state index contributed by atoms with van der Waals surface area (Å²) in [6.07, 6.45) is 3.48. The van der Waals surface area contributed by atoms with Crippen molar-refractivity contribution < 1.29 is 23.8 Å². The van der Waals surface area contributed by atoms with Gasteiger partial charge in [0.25, 0.3) is 0 Å². The Bertz CT molecular complexity index is 1580. The maximum absolute atomic E-state index is 13.4. The molecule has 1 aliphatic heterocycles. The number of Topliss-reactive ketones (excluding diaryl/α,β-unsaturated/α-hetero) is 1. The van der Waals surface area contributed by atoms with Crippen molar-refractivity contribution in [2.75, 3.05) is 19.8 Å². The average molecular weight is 512 g/mol. The first kappa shape index (κ1) is 23.3. The monoisotopic (exact) mass is 511 g/mol. The number of hydrogen-bond donors (Lipinski definition) is 0. The van der Waals surface area contributed by atoms with Crippen LogP contribution in [0.1, 0.15) is 44.0 Å². The highest BCUT2D eigenvalue weighted by Gasteiger charge is 2.28. The van der Waals surface area contributed by atoms with Gasteiger partial charge >= 0.3 is 5.97 Å². The van der Waals surface area contributed by atoms with Crippen molar-refractivity contribution in [2.24, 2.45) is 0 Å². The van der Waals surface area contributed by atoms with E-state index in [-0.39, 0.29) is 12.4 Å². The molecule has 0 unspecified atom stereocenters. The normalized spacial score (nSPS) is 15.0. The summed E-state index contributed by atoms with van der Waals surface area (Å²) in [6.45, 7) is 0.518. The Morgan fingerprint density at radius 1 is 0.946 bits per heavy atom. The van der Waals surface area contributed by atoms with E-state index >= 15 is 0 Å². The largest absolute Gasteiger partial charge is 0.486 e. The summed E-state index contributed by atoms with van der Waals surface area (Å²) in [7, 11) is 0. The van der Waals surface area contributed by atoms with E-state index in [4.69, 9.17) is 30.8 Å². The van der Waals surface area contributed by atoms with Crippen molar-refractivity contribution in [1.82, 2.24) is 4.98 Å². The van der Waals surface area contributed by atoms with Gasteiger partial charge in [-0.15, -0.1) is 0 Å². The number of esters is 1. The topological polar surface area (TPSA) is 74.7 Å². The molecule has 0 N–H and O–H groups in total. The van der Waals surface area contributed by atoms with Crippen molar-refractivity contribution in [1.29, 1.82) is 0 Å². The van der Waals surface area contributed by atoms with E-state index < -0.39 is 5.97 Å². The van der Waals surface area contributed by atoms with Crippen LogP contribution < -0.4 is 9.47 Å². The zero-order chi connectivity index (χ0) is 25.4. The van der Waals surface area contributed by atoms with Crippen LogP contribution in [0.3, 0.4) is 0 Å². The molecule has 1 aliphatic carbocycles. The minimum absolute atomic E-state index is 0.316. The summed E-state index contributed by atoms with van der Waals surface area (Å²) >= 11 is 6.03. The first-order chi connectivity index (χ1) is 18.1. The lowest BCUT2D eigenvalue weighted by Gasteiger charge is -2.18. The molecule has 1 aromatic heterocycles. The van der Waals surface area contributed by atoms with Crippen molar-refractivity contribution >= 4 is 45.9 Å². The molecule has 2 aliphatic rings. The number of fused-ring (bicyclic) bond motifs is 3. The number of benzene rings is 3. The van der Waals surface area contributed by atoms with E-state index in [2.05, 4.69) is 6.08 Å². The predicted octanol–water partition coefficient (Wildman–Crippen LogP) is 6.19. The zero-order valence-electron chi connectivity index (χ0n) is 19.8. The maximum atomic E-state index is 13.4. The molecule has 0 atom stereocenters. The van der Waals surface area contributed by atoms with E-state index in [1.165, 1.54) is 0 Å². The second-order valence-corrected chi connectivity index (χ2v) is 9.35. The van der Waals surface area contributed by atoms with Gasteiger partial charge in [0.1, 0.15) is 13.2 Å². The molecule has 0 bridgehead atoms. The highest BCUT2D eigenvalue weighted by Crippen LogP contribution is 2.38. The van der Waals surface area contributed by atoms with Crippen LogP contribution in [0.15, 0.2) is 66.7 Å². The van der Waals surface area contributed by atoms with Crippen molar-refractivity contribution in [2.45, 2.75) is 12.8 Å². The number of nitrogens with zero attached hydrogens (tertiary/aromatic N) is 1. The highest BCUT2D eigenvalue weighted by molar-refractivity contribution is 6.30. The lowest BCUT2D eigenvalue weighted by Crippen LogP contribution is -2.18. The number of carbonyl (C=O) groups excluding carboxylic acids is 2. The molecule has 6 nitrogen and oxygen atoms in total. The van der Waals surface area contributed by atoms with Crippen LogP contribution in [-0.4, -0.2) is 36.6 Å². The van der Waals surface area contributed by atoms with Gasteiger partial charge in [0.2, 0.25) is 0 Å². The molecule has 7 heteroatoms. The number of rotatable bonds is 5. The summed E-state index contributed by atoms with van der Waals surface area (Å²) < 4.78 is 16.6. The Balaban J connectivity index is 1.29. The van der Waals surface area contributed by atoms with Crippen molar-refractivity contribution in [3.05, 3.63) is 99.7 Å². The molecule has 184 valence electrons. The van der Waals surface area contributed by atoms with Gasteiger partial charge in [-0.05, 0) is 72.0 Å². The third kappa shape index (κ3) is 4.56. The quantitative estimate of drug-likeness (QED) is 0.235. The predicted molar refractivity (Wildman–Crippen MR) is 141 cm³/mol. The Kier molecular flexibility index (Phi) is 6.10. The molecule has 0 radical (unpaired) electrons. The van der Waals surface area contributed by atoms with Crippen LogP contribution in [0, 0.1) is 0 Å². The fourth-order valence-corrected chi connectivity index (χ4v) is 4.90. The molecule has 0 saturated heterocycles. The number of pyridine rings is 1. The maximum Gasteiger partial charge on any atom is 0.339 e. The average Bonchev–Trinajstić information content (AvgIpc) is 3.32. The molecular weight excluding hydrogens is 490 g/mol. The smallest absolute Gasteiger partial charge is 0.339 e. The number of allylic oxidation sites excluding steroid dienone is 1. The second-order valence-electron chi connectivity index (χ2n) is 8.91. The van der Waals surface area contributed by atoms with Crippen LogP contribution >= 0.6 is 11.6 Å². The Morgan fingerprint density at radius 2 is 1.73 bits per heavy atom. The number of ether oxygens (including phenoxy) is 3. The van der Waals surface area contributed by atoms with E-state index in [0.717, 1.165) is 28.8 Å². The van der Waals surface area contributed by atoms with Gasteiger partial charge in [0, 0.05) is 16.0 Å². The van der Waals surface area contributed by atoms with Gasteiger partial charge in [-0.2, -0.15) is 0 Å². The lowest BCUT2D eigenvalue weighted by atomic mass is 10.0. The van der Waals surface area contributed by atoms with E-state index in [0.29, 0.717) is 58.2 Å². The minimum atomic E-state index is -0.534. The van der Waals surface area contributed by atoms with Crippen LogP contribution in [0.5, 0.6) is 11.5 Å². The molecule has 37 heavy (non-hydrogen) atoms. The van der Waals surface area contributed by atoms with Crippen LogP contribution in [0.25, 0.3) is 22.6 Å². The third-order valence-electron chi connectivity index (χ3n) is 6.56. The standard InChI is InChI=1S/C30H22ClNO5/c31-21-9-5-18(6-10-21)15-20-7-11-23-28(22-3-1-2-4-24(22)32-29(20)23)30(34)37-17-25(33)19-8-12-26-27(16-19)36-14-13-35-26/h1-6,8-10,12,15-16H,7,11,13-14,17H2/b20-15-. The van der Waals surface area contributed by atoms with Crippen LogP contribution in [-0.2, 0) is 11.2 Å². The molecule has 0 saturated carbocycles. The third-order valence-corrected chi connectivity index (χ3v) is 6.81. The number of aromatic nitrogens is 1. The molecule has 0 fully saturated rings. The Hall–Kier alpha value is -4.16. The SMILES string of the molecule is O=C(COC(=O)c1c2c(nc3ccccc13)/C(=C\c1ccc(Cl)cc1)CC2)c1ccc2c(c1)OCCO2. The Morgan fingerprint density at radius 3 is 2.57 bits per heavy atom. The molecular formula is C30H22ClNO5. The summed E-state index contributed by atoms with van der Waals surface area (Å²) in [6, 6.07) is 20.1. The summed E-state index contributed by atoms with van der Waals surface area (Å²) in [5.74, 6) is 0.264. The zero-order valence-corrected chi connectivity index (χ0v) is 20.6. The first-order valence-electron chi connectivity index (χ1n) is 12.0. The second kappa shape index (κ2) is 9.71. The molecule has 0 spiro atoms. The molecule has 0 amide bonds. The fourth-order valence-electron chi connectivity index (χ4n) is 4.78. The van der Waals surface area contributed by atoms with Crippen molar-refractivity contribution in [3.8, 4) is 11.5 Å². The van der Waals surface area contributed by atoms with E-state index in [1.807, 2.05) is 48.5 Å². The summed E-state index contributed by atoms with van der Waals surface area (Å²) in [5, 5.41) is 1.39. The van der Waals surface area contributed by atoms with E-state index in [1.54, 1.807) is 18.2 Å². The molecule has 6 rings (SSSR count). The summed E-state index contributed by atoms with van der Waals surface area (Å²) in [5.41, 5.74) is 5.26. The minimum Gasteiger partial charge on any atom is -0.486 e.